The van der Waals surface area contributed by atoms with Crippen molar-refractivity contribution in [3.8, 4) is 0 Å². The SMILES string of the molecule is CC(=O)NCC(=O)N[C@@H](CCCCN)C(=O)O. The van der Waals surface area contributed by atoms with Gasteiger partial charge in [-0.25, -0.2) is 4.79 Å². The van der Waals surface area contributed by atoms with Gasteiger partial charge in [-0.2, -0.15) is 0 Å². The topological polar surface area (TPSA) is 122 Å². The lowest BCUT2D eigenvalue weighted by Crippen LogP contribution is -2.45. The predicted molar refractivity (Wildman–Crippen MR) is 61.2 cm³/mol. The van der Waals surface area contributed by atoms with Gasteiger partial charge >= 0.3 is 5.97 Å². The largest absolute Gasteiger partial charge is 0.480 e. The zero-order valence-electron chi connectivity index (χ0n) is 9.86. The van der Waals surface area contributed by atoms with Gasteiger partial charge in [0.05, 0.1) is 6.54 Å². The number of carboxylic acid groups (broad SMARTS) is 1. The van der Waals surface area contributed by atoms with Crippen LogP contribution in [0.25, 0.3) is 0 Å². The Hall–Kier alpha value is -1.63. The summed E-state index contributed by atoms with van der Waals surface area (Å²) in [6.45, 7) is 1.56. The van der Waals surface area contributed by atoms with Gasteiger partial charge < -0.3 is 21.5 Å². The predicted octanol–water partition coefficient (Wildman–Crippen LogP) is -1.18. The monoisotopic (exact) mass is 245 g/mol. The lowest BCUT2D eigenvalue weighted by atomic mass is 10.1. The number of hydrogen-bond donors (Lipinski definition) is 4. The Morgan fingerprint density at radius 3 is 2.41 bits per heavy atom. The van der Waals surface area contributed by atoms with Crippen molar-refractivity contribution in [3.05, 3.63) is 0 Å². The van der Waals surface area contributed by atoms with Crippen LogP contribution in [0.1, 0.15) is 26.2 Å². The Morgan fingerprint density at radius 1 is 1.29 bits per heavy atom. The molecule has 98 valence electrons. The van der Waals surface area contributed by atoms with E-state index in [0.29, 0.717) is 25.8 Å². The summed E-state index contributed by atoms with van der Waals surface area (Å²) in [5.74, 6) is -1.94. The summed E-state index contributed by atoms with van der Waals surface area (Å²) in [5.41, 5.74) is 5.29. The van der Waals surface area contributed by atoms with Gasteiger partial charge in [0.1, 0.15) is 6.04 Å². The Balaban J connectivity index is 4.02. The van der Waals surface area contributed by atoms with Crippen molar-refractivity contribution in [2.45, 2.75) is 32.2 Å². The standard InChI is InChI=1S/C10H19N3O4/c1-7(14)12-6-9(15)13-8(10(16)17)4-2-3-5-11/h8H,2-6,11H2,1H3,(H,12,14)(H,13,15)(H,16,17)/t8-/m0/s1. The maximum atomic E-state index is 11.3. The van der Waals surface area contributed by atoms with E-state index < -0.39 is 17.9 Å². The molecule has 7 heteroatoms. The fraction of sp³-hybridized carbons (Fsp3) is 0.700. The van der Waals surface area contributed by atoms with Crippen molar-refractivity contribution in [3.63, 3.8) is 0 Å². The van der Waals surface area contributed by atoms with Crippen LogP contribution in [0.4, 0.5) is 0 Å². The van der Waals surface area contributed by atoms with E-state index in [-0.39, 0.29) is 12.5 Å². The van der Waals surface area contributed by atoms with Crippen LogP contribution < -0.4 is 16.4 Å². The maximum absolute atomic E-state index is 11.3. The molecule has 0 unspecified atom stereocenters. The molecule has 0 aliphatic heterocycles. The number of nitrogens with two attached hydrogens (primary N) is 1. The second-order valence-corrected chi connectivity index (χ2v) is 3.65. The van der Waals surface area contributed by atoms with Gasteiger partial charge in [-0.05, 0) is 25.8 Å². The fourth-order valence-corrected chi connectivity index (χ4v) is 1.20. The first-order chi connectivity index (χ1) is 7.97. The quantitative estimate of drug-likeness (QED) is 0.401. The highest BCUT2D eigenvalue weighted by Gasteiger charge is 2.18. The van der Waals surface area contributed by atoms with E-state index in [2.05, 4.69) is 10.6 Å². The van der Waals surface area contributed by atoms with Gasteiger partial charge in [-0.1, -0.05) is 0 Å². The molecule has 5 N–H and O–H groups in total. The van der Waals surface area contributed by atoms with Crippen LogP contribution in [-0.4, -0.2) is 42.0 Å². The van der Waals surface area contributed by atoms with Crippen molar-refractivity contribution in [1.82, 2.24) is 10.6 Å². The van der Waals surface area contributed by atoms with Crippen LogP contribution in [-0.2, 0) is 14.4 Å². The summed E-state index contributed by atoms with van der Waals surface area (Å²) in [6, 6.07) is -0.928. The van der Waals surface area contributed by atoms with Gasteiger partial charge in [0.25, 0.3) is 0 Å². The van der Waals surface area contributed by atoms with Gasteiger partial charge in [0, 0.05) is 6.92 Å². The van der Waals surface area contributed by atoms with Crippen molar-refractivity contribution in [1.29, 1.82) is 0 Å². The third kappa shape index (κ3) is 8.21. The molecular formula is C10H19N3O4. The normalized spacial score (nSPS) is 11.6. The smallest absolute Gasteiger partial charge is 0.326 e. The lowest BCUT2D eigenvalue weighted by Gasteiger charge is -2.14. The summed E-state index contributed by atoms with van der Waals surface area (Å²) in [7, 11) is 0. The number of unbranched alkanes of at least 4 members (excludes halogenated alkanes) is 1. The molecule has 1 atom stereocenters. The average Bonchev–Trinajstić information content (AvgIpc) is 2.25. The molecule has 7 nitrogen and oxygen atoms in total. The molecule has 0 rings (SSSR count). The lowest BCUT2D eigenvalue weighted by molar-refractivity contribution is -0.141. The fourth-order valence-electron chi connectivity index (χ4n) is 1.20. The molecule has 17 heavy (non-hydrogen) atoms. The molecule has 0 saturated carbocycles. The van der Waals surface area contributed by atoms with Crippen molar-refractivity contribution in [2.24, 2.45) is 5.73 Å². The molecule has 0 radical (unpaired) electrons. The Morgan fingerprint density at radius 2 is 1.94 bits per heavy atom. The Labute approximate surface area is 99.7 Å². The molecule has 0 heterocycles. The van der Waals surface area contributed by atoms with E-state index in [4.69, 9.17) is 10.8 Å². The van der Waals surface area contributed by atoms with Gasteiger partial charge in [-0.3, -0.25) is 9.59 Å². The Bertz CT molecular complexity index is 281. The highest BCUT2D eigenvalue weighted by Crippen LogP contribution is 2.00. The number of carbonyl (C=O) groups is 3. The molecular weight excluding hydrogens is 226 g/mol. The number of amides is 2. The first-order valence-electron chi connectivity index (χ1n) is 5.44. The second kappa shape index (κ2) is 8.51. The number of carboxylic acids is 1. The van der Waals surface area contributed by atoms with E-state index in [1.807, 2.05) is 0 Å². The van der Waals surface area contributed by atoms with E-state index in [1.54, 1.807) is 0 Å². The van der Waals surface area contributed by atoms with Crippen LogP contribution in [0.3, 0.4) is 0 Å². The molecule has 2 amide bonds. The third-order valence-corrected chi connectivity index (χ3v) is 2.08. The van der Waals surface area contributed by atoms with Crippen molar-refractivity contribution < 1.29 is 19.5 Å². The number of hydrogen-bond acceptors (Lipinski definition) is 4. The highest BCUT2D eigenvalue weighted by molar-refractivity contribution is 5.87. The number of rotatable bonds is 8. The van der Waals surface area contributed by atoms with Gasteiger partial charge in [0.2, 0.25) is 11.8 Å². The average molecular weight is 245 g/mol. The summed E-state index contributed by atoms with van der Waals surface area (Å²) < 4.78 is 0. The minimum atomic E-state index is -1.09. The van der Waals surface area contributed by atoms with Crippen LogP contribution in [0, 0.1) is 0 Å². The first-order valence-corrected chi connectivity index (χ1v) is 5.44. The van der Waals surface area contributed by atoms with Crippen molar-refractivity contribution in [2.75, 3.05) is 13.1 Å². The highest BCUT2D eigenvalue weighted by atomic mass is 16.4. The molecule has 0 aromatic carbocycles. The minimum absolute atomic E-state index is 0.212. The van der Waals surface area contributed by atoms with Crippen LogP contribution in [0.2, 0.25) is 0 Å². The second-order valence-electron chi connectivity index (χ2n) is 3.65. The maximum Gasteiger partial charge on any atom is 0.326 e. The molecule has 0 fully saturated rings. The minimum Gasteiger partial charge on any atom is -0.480 e. The molecule has 0 bridgehead atoms. The molecule has 0 aromatic rings. The number of carbonyl (C=O) groups excluding carboxylic acids is 2. The molecule has 0 aliphatic rings. The first kappa shape index (κ1) is 15.4. The third-order valence-electron chi connectivity index (χ3n) is 2.08. The molecule has 0 aromatic heterocycles. The van der Waals surface area contributed by atoms with Crippen LogP contribution >= 0.6 is 0 Å². The van der Waals surface area contributed by atoms with E-state index >= 15 is 0 Å². The number of aliphatic carboxylic acids is 1. The summed E-state index contributed by atoms with van der Waals surface area (Å²) in [4.78, 5) is 32.7. The van der Waals surface area contributed by atoms with E-state index in [1.165, 1.54) is 6.92 Å². The molecule has 0 saturated heterocycles. The number of nitrogens with one attached hydrogen (secondary N) is 2. The summed E-state index contributed by atoms with van der Waals surface area (Å²) in [6.07, 6.45) is 1.68. The molecule has 0 aliphatic carbocycles. The summed E-state index contributed by atoms with van der Waals surface area (Å²) >= 11 is 0. The zero-order valence-corrected chi connectivity index (χ0v) is 9.86. The van der Waals surface area contributed by atoms with E-state index in [9.17, 15) is 14.4 Å². The zero-order chi connectivity index (χ0) is 13.3. The van der Waals surface area contributed by atoms with Gasteiger partial charge in [-0.15, -0.1) is 0 Å². The van der Waals surface area contributed by atoms with Crippen LogP contribution in [0.15, 0.2) is 0 Å². The molecule has 0 spiro atoms. The summed E-state index contributed by atoms with van der Waals surface area (Å²) in [5, 5.41) is 13.5. The Kier molecular flexibility index (Phi) is 7.70. The van der Waals surface area contributed by atoms with E-state index in [0.717, 1.165) is 0 Å². The van der Waals surface area contributed by atoms with Gasteiger partial charge in [0.15, 0.2) is 0 Å². The van der Waals surface area contributed by atoms with Crippen molar-refractivity contribution >= 4 is 17.8 Å². The van der Waals surface area contributed by atoms with Crippen LogP contribution in [0.5, 0.6) is 0 Å².